The molecule has 30 heteroatoms. The first-order valence-corrected chi connectivity index (χ1v) is 48.9. The van der Waals surface area contributed by atoms with E-state index in [0.717, 1.165) is 174 Å². The van der Waals surface area contributed by atoms with Crippen LogP contribution in [0.2, 0.25) is 0 Å². The van der Waals surface area contributed by atoms with Crippen LogP contribution in [0.3, 0.4) is 0 Å². The number of nitrogens with zero attached hydrogens (tertiary/aromatic N) is 9. The number of piperidine rings is 6. The molecule has 24 rings (SSSR count). The second-order valence-corrected chi connectivity index (χ2v) is 43.5. The molecule has 13 aliphatic rings. The van der Waals surface area contributed by atoms with Crippen LogP contribution in [0.4, 0.5) is 13.2 Å². The summed E-state index contributed by atoms with van der Waals surface area (Å²) in [5.74, 6) is 8.47. The summed E-state index contributed by atoms with van der Waals surface area (Å²) in [7, 11) is 0. The van der Waals surface area contributed by atoms with Crippen molar-refractivity contribution < 1.29 is 41.9 Å². The van der Waals surface area contributed by atoms with E-state index >= 15 is 0 Å². The maximum Gasteiger partial charge on any atom is 0.408 e. The van der Waals surface area contributed by atoms with Gasteiger partial charge in [-0.1, -0.05) is 135 Å². The number of aryl methyl sites for hydroxylation is 2. The van der Waals surface area contributed by atoms with Crippen molar-refractivity contribution in [3.63, 3.8) is 0 Å². The van der Waals surface area contributed by atoms with Gasteiger partial charge in [0.1, 0.15) is 18.7 Å². The van der Waals surface area contributed by atoms with Gasteiger partial charge in [0.2, 0.25) is 29.5 Å². The highest BCUT2D eigenvalue weighted by molar-refractivity contribution is 6.11. The third-order valence-corrected chi connectivity index (χ3v) is 31.6. The van der Waals surface area contributed by atoms with Crippen molar-refractivity contribution in [2.75, 3.05) is 78.5 Å². The van der Waals surface area contributed by atoms with Gasteiger partial charge in [0.05, 0.1) is 84.8 Å². The molecule has 6 aromatic carbocycles. The fraction of sp³-hybridized carbons (Fsp3) is 0.519. The smallest absolute Gasteiger partial charge is 0.347 e. The number of aromatic amines is 1. The van der Waals surface area contributed by atoms with Gasteiger partial charge in [-0.15, -0.1) is 0 Å². The minimum Gasteiger partial charge on any atom is -0.347 e. The number of aromatic nitrogens is 9. The van der Waals surface area contributed by atoms with Crippen LogP contribution >= 0.6 is 0 Å². The normalized spacial score (nSPS) is 26.9. The first-order chi connectivity index (χ1) is 64.9. The van der Waals surface area contributed by atoms with E-state index in [1.54, 1.807) is 44.4 Å². The highest BCUT2D eigenvalue weighted by atomic mass is 19.4. The number of pyridine rings is 1. The lowest BCUT2D eigenvalue weighted by atomic mass is 9.80. The summed E-state index contributed by atoms with van der Waals surface area (Å²) in [6.45, 7) is 40.4. The highest BCUT2D eigenvalue weighted by Gasteiger charge is 2.63. The van der Waals surface area contributed by atoms with Crippen molar-refractivity contribution in [2.24, 2.45) is 112 Å². The molecular weight excluding hydrogens is 1720 g/mol. The molecule has 18 atom stereocenters. The molecule has 12 N–H and O–H groups in total. The molecule has 0 spiro atoms. The summed E-state index contributed by atoms with van der Waals surface area (Å²) < 4.78 is 41.7. The van der Waals surface area contributed by atoms with Crippen LogP contribution in [-0.2, 0) is 76.0 Å². The number of para-hydroxylation sites is 4. The van der Waals surface area contributed by atoms with E-state index in [4.69, 9.17) is 5.10 Å². The molecule has 0 bridgehead atoms. The van der Waals surface area contributed by atoms with Crippen LogP contribution in [-0.4, -0.2) is 176 Å². The number of carbonyl (C=O) groups excluding carboxylic acids is 6. The van der Waals surface area contributed by atoms with Gasteiger partial charge in [-0.25, -0.2) is 9.97 Å². The largest absolute Gasteiger partial charge is 0.408 e. The Bertz CT molecular complexity index is 6270. The summed E-state index contributed by atoms with van der Waals surface area (Å²) in [5.41, 5.74) is 9.60. The van der Waals surface area contributed by atoms with Crippen molar-refractivity contribution in [2.45, 2.75) is 162 Å². The number of aliphatic imine (C=N–C) groups is 1. The van der Waals surface area contributed by atoms with Gasteiger partial charge < -0.3 is 58.5 Å². The number of rotatable bonds is 21. The van der Waals surface area contributed by atoms with Gasteiger partial charge >= 0.3 is 6.18 Å². The van der Waals surface area contributed by atoms with Crippen molar-refractivity contribution in [1.82, 2.24) is 103 Å². The fourth-order valence-electron chi connectivity index (χ4n) is 24.0. The molecule has 5 aromatic heterocycles. The molecule has 11 aromatic rings. The number of H-pyrrole nitrogens is 1. The third-order valence-electron chi connectivity index (χ3n) is 31.6. The molecule has 5 amide bonds. The summed E-state index contributed by atoms with van der Waals surface area (Å²) >= 11 is 0. The van der Waals surface area contributed by atoms with E-state index in [0.29, 0.717) is 99.8 Å². The maximum atomic E-state index is 12.9. The number of benzene rings is 6. The zero-order valence-corrected chi connectivity index (χ0v) is 80.3. The summed E-state index contributed by atoms with van der Waals surface area (Å²) in [5, 5.41) is 58.6. The standard InChI is InChI=1S/C18H21F3N4O.C18H24N4O.2C18H21N3O.C17H22N4O.C17H21N3O/c1-17(2,23-16(26)14-11-7-22-8-12(11)14)15-10-5-3-4-6-13(10)25(24-15)9-18(19,20)21;1-4-22-14-8-6-5-7-11(14)16(21-22)18(2,3)20-17(23)15-12-9-19-10-13(12)15;1-18(2,7-15(22)16-12-8-19-9-13(12)16)17-11-5-3-4-6-14(11)20-10-21-17;1-18(2,21-17(22)16-13-8-20-9-14(13)16)15-10-19-7-11-5-3-4-6-12(11)15;1-9-5-4-6-10-14(9)20-21-15(10)17(2,3)19-16(22)13-11-7-18-8-12(11)13;1-17(2,15-11-6-4-3-5-10(11)7-19-15)20-16(21)14-12-8-18-9-13(12)14/h3-6,11-12,14,22H,7-9H2,1-2H3,(H,23,26);5-8,12-13,15,19H,4,9-10H2,1-3H3,(H,20,23);3-6,10,12-13,16,19H,7-9H2,1-2H3;3-7,10,13-14,16,20H,8-9H2,1-2H3,(H,21,22);4-6,11-13,18H,7-8H2,1-3H3,(H,19,22)(H,20,21);3-6,12-14,18H,7-9H2,1-2H3,(H,20,21)/t11-,12+,14?;12-,13+,15?;12-,13+,16?;13-,14+,16?;11-,12+,13?;12-,13+,14?. The Morgan fingerprint density at radius 1 is 0.412 bits per heavy atom. The minimum atomic E-state index is -4.36. The summed E-state index contributed by atoms with van der Waals surface area (Å²) in [4.78, 5) is 93.4. The van der Waals surface area contributed by atoms with Crippen molar-refractivity contribution >= 4 is 95.4 Å². The minimum absolute atomic E-state index is 0.000880. The van der Waals surface area contributed by atoms with E-state index in [1.807, 2.05) is 97.7 Å². The van der Waals surface area contributed by atoms with E-state index < -0.39 is 40.4 Å². The number of amides is 5. The Morgan fingerprint density at radius 3 is 1.31 bits per heavy atom. The quantitative estimate of drug-likeness (QED) is 0.0318. The monoisotopic (exact) mass is 1850 g/mol. The summed E-state index contributed by atoms with van der Waals surface area (Å²) in [6.07, 6.45) is 1.55. The van der Waals surface area contributed by atoms with Crippen LogP contribution < -0.4 is 58.5 Å². The Balaban J connectivity index is 0.000000105. The van der Waals surface area contributed by atoms with E-state index in [2.05, 4.69) is 211 Å². The number of carbonyl (C=O) groups is 6. The molecule has 6 unspecified atom stereocenters. The molecule has 0 radical (unpaired) electrons. The van der Waals surface area contributed by atoms with Gasteiger partial charge in [0.25, 0.3) is 0 Å². The van der Waals surface area contributed by atoms with Crippen molar-refractivity contribution in [3.05, 3.63) is 203 Å². The van der Waals surface area contributed by atoms with Gasteiger partial charge in [-0.05, 0) is 267 Å². The highest BCUT2D eigenvalue weighted by Crippen LogP contribution is 2.55. The Labute approximate surface area is 791 Å². The molecule has 27 nitrogen and oxygen atoms in total. The Hall–Kier alpha value is -11.3. The molecule has 716 valence electrons. The average molecular weight is 1850 g/mol. The van der Waals surface area contributed by atoms with Gasteiger partial charge in [0.15, 0.2) is 0 Å². The van der Waals surface area contributed by atoms with Gasteiger partial charge in [-0.3, -0.25) is 53.2 Å². The van der Waals surface area contributed by atoms with Crippen LogP contribution in [0.5, 0.6) is 0 Å². The lowest BCUT2D eigenvalue weighted by Crippen LogP contribution is -2.51. The van der Waals surface area contributed by atoms with Gasteiger partial charge in [0, 0.05) is 104 Å². The first-order valence-electron chi connectivity index (χ1n) is 48.9. The molecule has 136 heavy (non-hydrogen) atoms. The molecular formula is C106H130F3N21O6. The van der Waals surface area contributed by atoms with Crippen LogP contribution in [0.25, 0.3) is 54.4 Å². The number of hydrogen-bond acceptors (Lipinski definition) is 19. The van der Waals surface area contributed by atoms with Crippen molar-refractivity contribution in [1.29, 1.82) is 0 Å². The lowest BCUT2D eigenvalue weighted by molar-refractivity contribution is -0.142. The van der Waals surface area contributed by atoms with E-state index in [-0.39, 0.29) is 70.5 Å². The number of nitrogens with one attached hydrogen (secondary N) is 12. The second-order valence-electron chi connectivity index (χ2n) is 43.5. The SMILES string of the molecule is CC(C)(CC(=O)C1[C@H]2CNC[C@@H]12)c1ncnc2ccccc12.CC(C)(NC(=O)C1[C@H]2CNC[C@@H]12)C1=NCc2ccccc21.CC(C)(NC(=O)C1[C@H]2CNC[C@@H]12)c1cncc2ccccc12.CC(C)(NC(=O)C1[C@H]2CNC[C@@H]12)c1nn(CC(F)(F)F)c2ccccc12.CCn1nc(C(C)(C)NC(=O)C2[C@H]3CNC[C@@H]23)c2ccccc21.Cc1cccc2c(C(C)(C)NC(=O)C3[C@H]4CNC[C@@H]34)[nH]nc12. The first kappa shape index (κ1) is 93.7. The predicted octanol–water partition coefficient (Wildman–Crippen LogP) is 11.7. The van der Waals surface area contributed by atoms with Gasteiger partial charge in [-0.2, -0.15) is 28.5 Å². The number of fused-ring (bicyclic) bond motifs is 12. The Morgan fingerprint density at radius 2 is 0.816 bits per heavy atom. The topological polar surface area (TPSA) is 350 Å². The lowest BCUT2D eigenvalue weighted by Gasteiger charge is -2.28. The maximum absolute atomic E-state index is 12.9. The molecule has 6 saturated carbocycles. The van der Waals surface area contributed by atoms with Crippen LogP contribution in [0.1, 0.15) is 141 Å². The van der Waals surface area contributed by atoms with Crippen LogP contribution in [0, 0.1) is 113 Å². The van der Waals surface area contributed by atoms with E-state index in [9.17, 15) is 41.9 Å². The third kappa shape index (κ3) is 18.6. The molecule has 6 aliphatic carbocycles. The number of halogens is 3. The zero-order valence-electron chi connectivity index (χ0n) is 80.3. The number of hydrogen-bond donors (Lipinski definition) is 12. The molecule has 6 saturated heterocycles. The van der Waals surface area contributed by atoms with Crippen LogP contribution in [0.15, 0.2) is 163 Å². The van der Waals surface area contributed by atoms with E-state index in [1.165, 1.54) is 11.1 Å². The fourth-order valence-corrected chi connectivity index (χ4v) is 24.0. The predicted molar refractivity (Wildman–Crippen MR) is 520 cm³/mol. The Kier molecular flexibility index (Phi) is 25.0. The number of ketones is 1. The zero-order chi connectivity index (χ0) is 95.6. The molecule has 12 heterocycles. The molecule has 12 fully saturated rings. The second kappa shape index (κ2) is 36.2. The number of alkyl halides is 3. The van der Waals surface area contributed by atoms with Crippen molar-refractivity contribution in [3.8, 4) is 0 Å². The molecule has 7 aliphatic heterocycles. The number of Topliss-reactive ketones (excluding diaryl/α,β-unsaturated/α-hetero) is 1. The average Bonchev–Trinajstić information content (AvgIpc) is 1.58. The summed E-state index contributed by atoms with van der Waals surface area (Å²) in [6, 6.07) is 45.7.